The normalized spacial score (nSPS) is 19.7. The first kappa shape index (κ1) is 9.71. The average molecular weight is 254 g/mol. The highest BCUT2D eigenvalue weighted by Gasteiger charge is 2.31. The van der Waals surface area contributed by atoms with Crippen LogP contribution in [0.2, 0.25) is 0 Å². The van der Waals surface area contributed by atoms with Crippen molar-refractivity contribution in [2.24, 2.45) is 5.92 Å². The molecule has 0 aromatic heterocycles. The second-order valence-electron chi connectivity index (χ2n) is 3.90. The van der Waals surface area contributed by atoms with Crippen molar-refractivity contribution < 1.29 is 4.79 Å². The summed E-state index contributed by atoms with van der Waals surface area (Å²) in [5.41, 5.74) is 1.91. The van der Waals surface area contributed by atoms with Crippen molar-refractivity contribution in [3.63, 3.8) is 0 Å². The van der Waals surface area contributed by atoms with Crippen LogP contribution in [0.3, 0.4) is 0 Å². The van der Waals surface area contributed by atoms with E-state index in [1.165, 1.54) is 0 Å². The summed E-state index contributed by atoms with van der Waals surface area (Å²) in [6.07, 6.45) is 0. The molecule has 1 aromatic rings. The molecule has 74 valence electrons. The summed E-state index contributed by atoms with van der Waals surface area (Å²) in [7, 11) is 0. The molecular weight excluding hydrogens is 242 g/mol. The summed E-state index contributed by atoms with van der Waals surface area (Å²) >= 11 is 3.49. The summed E-state index contributed by atoms with van der Waals surface area (Å²) in [5, 5.41) is 2.99. The zero-order valence-corrected chi connectivity index (χ0v) is 9.76. The lowest BCUT2D eigenvalue weighted by Crippen LogP contribution is -2.22. The first-order chi connectivity index (χ1) is 6.61. The molecule has 0 radical (unpaired) electrons. The van der Waals surface area contributed by atoms with Crippen molar-refractivity contribution >= 4 is 21.8 Å². The van der Waals surface area contributed by atoms with Crippen molar-refractivity contribution in [2.75, 3.05) is 0 Å². The highest BCUT2D eigenvalue weighted by atomic mass is 79.9. The molecule has 1 N–H and O–H groups in total. The number of hydrogen-bond donors (Lipinski definition) is 1. The maximum Gasteiger partial charge on any atom is 0.252 e. The smallest absolute Gasteiger partial charge is 0.252 e. The van der Waals surface area contributed by atoms with Gasteiger partial charge in [0.05, 0.1) is 6.04 Å². The summed E-state index contributed by atoms with van der Waals surface area (Å²) < 4.78 is 1.02. The minimum Gasteiger partial charge on any atom is -0.345 e. The summed E-state index contributed by atoms with van der Waals surface area (Å²) in [5.74, 6) is 0.457. The molecule has 0 bridgehead atoms. The molecule has 3 heteroatoms. The Labute approximate surface area is 91.8 Å². The van der Waals surface area contributed by atoms with Crippen LogP contribution < -0.4 is 5.32 Å². The van der Waals surface area contributed by atoms with Gasteiger partial charge in [-0.1, -0.05) is 35.8 Å². The van der Waals surface area contributed by atoms with Gasteiger partial charge in [-0.25, -0.2) is 0 Å². The van der Waals surface area contributed by atoms with E-state index in [9.17, 15) is 4.79 Å². The van der Waals surface area contributed by atoms with Gasteiger partial charge < -0.3 is 5.32 Å². The Morgan fingerprint density at radius 1 is 1.43 bits per heavy atom. The van der Waals surface area contributed by atoms with Crippen LogP contribution in [0.1, 0.15) is 35.8 Å². The monoisotopic (exact) mass is 253 g/mol. The minimum atomic E-state index is 0.0417. The molecule has 1 aliphatic rings. The van der Waals surface area contributed by atoms with Crippen molar-refractivity contribution in [3.8, 4) is 0 Å². The Balaban J connectivity index is 2.56. The SMILES string of the molecule is CC(C)C1NC(=O)c2cccc(Br)c21. The van der Waals surface area contributed by atoms with Crippen LogP contribution in [0.25, 0.3) is 0 Å². The van der Waals surface area contributed by atoms with Gasteiger partial charge in [0.1, 0.15) is 0 Å². The van der Waals surface area contributed by atoms with Crippen LogP contribution in [0.15, 0.2) is 22.7 Å². The van der Waals surface area contributed by atoms with Crippen molar-refractivity contribution in [1.82, 2.24) is 5.32 Å². The number of benzene rings is 1. The van der Waals surface area contributed by atoms with Gasteiger partial charge in [0.15, 0.2) is 0 Å². The van der Waals surface area contributed by atoms with E-state index in [1.54, 1.807) is 0 Å². The van der Waals surface area contributed by atoms with Gasteiger partial charge in [0, 0.05) is 15.6 Å². The second-order valence-corrected chi connectivity index (χ2v) is 4.75. The molecule has 2 rings (SSSR count). The fraction of sp³-hybridized carbons (Fsp3) is 0.364. The van der Waals surface area contributed by atoms with Gasteiger partial charge in [-0.2, -0.15) is 0 Å². The highest BCUT2D eigenvalue weighted by Crippen LogP contribution is 2.35. The number of nitrogens with one attached hydrogen (secondary N) is 1. The molecule has 1 atom stereocenters. The van der Waals surface area contributed by atoms with E-state index in [0.717, 1.165) is 15.6 Å². The number of amides is 1. The third-order valence-electron chi connectivity index (χ3n) is 2.56. The molecule has 1 unspecified atom stereocenters. The molecule has 2 nitrogen and oxygen atoms in total. The predicted molar refractivity (Wildman–Crippen MR) is 59.2 cm³/mol. The molecule has 0 saturated heterocycles. The van der Waals surface area contributed by atoms with Crippen molar-refractivity contribution in [2.45, 2.75) is 19.9 Å². The zero-order valence-electron chi connectivity index (χ0n) is 8.17. The molecule has 0 spiro atoms. The van der Waals surface area contributed by atoms with Crippen LogP contribution in [-0.4, -0.2) is 5.91 Å². The van der Waals surface area contributed by atoms with Crippen LogP contribution in [0, 0.1) is 5.92 Å². The topological polar surface area (TPSA) is 29.1 Å². The lowest BCUT2D eigenvalue weighted by molar-refractivity contribution is 0.0949. The van der Waals surface area contributed by atoms with Crippen molar-refractivity contribution in [1.29, 1.82) is 0 Å². The Kier molecular flexibility index (Phi) is 2.35. The molecule has 1 aliphatic heterocycles. The van der Waals surface area contributed by atoms with Gasteiger partial charge in [0.2, 0.25) is 0 Å². The second kappa shape index (κ2) is 3.39. The average Bonchev–Trinajstić information content (AvgIpc) is 2.46. The molecule has 0 fully saturated rings. The predicted octanol–water partition coefficient (Wildman–Crippen LogP) is 2.89. The number of carbonyl (C=O) groups is 1. The number of halogens is 1. The molecule has 0 saturated carbocycles. The highest BCUT2D eigenvalue weighted by molar-refractivity contribution is 9.10. The van der Waals surface area contributed by atoms with E-state index in [-0.39, 0.29) is 11.9 Å². The fourth-order valence-corrected chi connectivity index (χ4v) is 2.46. The van der Waals surface area contributed by atoms with Crippen LogP contribution in [0.4, 0.5) is 0 Å². The Bertz CT molecular complexity index is 387. The minimum absolute atomic E-state index is 0.0417. The molecule has 1 amide bonds. The third-order valence-corrected chi connectivity index (χ3v) is 3.25. The molecule has 1 aromatic carbocycles. The van der Waals surface area contributed by atoms with Gasteiger partial charge in [0.25, 0.3) is 5.91 Å². The summed E-state index contributed by atoms with van der Waals surface area (Å²) in [6.45, 7) is 4.22. The van der Waals surface area contributed by atoms with Gasteiger partial charge in [-0.15, -0.1) is 0 Å². The number of rotatable bonds is 1. The molecule has 1 heterocycles. The first-order valence-electron chi connectivity index (χ1n) is 4.70. The lowest BCUT2D eigenvalue weighted by Gasteiger charge is -2.16. The standard InChI is InChI=1S/C11H12BrNO/c1-6(2)10-9-7(11(14)13-10)4-3-5-8(9)12/h3-6,10H,1-2H3,(H,13,14). The molecular formula is C11H12BrNO. The number of fused-ring (bicyclic) bond motifs is 1. The van der Waals surface area contributed by atoms with E-state index >= 15 is 0 Å². The largest absolute Gasteiger partial charge is 0.345 e. The summed E-state index contributed by atoms with van der Waals surface area (Å²) in [4.78, 5) is 11.6. The maximum atomic E-state index is 11.6. The number of hydrogen-bond acceptors (Lipinski definition) is 1. The first-order valence-corrected chi connectivity index (χ1v) is 5.50. The zero-order chi connectivity index (χ0) is 10.3. The van der Waals surface area contributed by atoms with E-state index in [0.29, 0.717) is 5.92 Å². The van der Waals surface area contributed by atoms with E-state index < -0.39 is 0 Å². The van der Waals surface area contributed by atoms with Gasteiger partial charge in [-0.3, -0.25) is 4.79 Å². The Hall–Kier alpha value is -0.830. The van der Waals surface area contributed by atoms with Crippen LogP contribution in [-0.2, 0) is 0 Å². The molecule has 0 aliphatic carbocycles. The van der Waals surface area contributed by atoms with Crippen LogP contribution >= 0.6 is 15.9 Å². The van der Waals surface area contributed by atoms with E-state index in [2.05, 4.69) is 35.1 Å². The molecule has 14 heavy (non-hydrogen) atoms. The summed E-state index contributed by atoms with van der Waals surface area (Å²) in [6, 6.07) is 5.89. The number of carbonyl (C=O) groups excluding carboxylic acids is 1. The van der Waals surface area contributed by atoms with E-state index in [1.807, 2.05) is 18.2 Å². The lowest BCUT2D eigenvalue weighted by atomic mass is 9.96. The van der Waals surface area contributed by atoms with E-state index in [4.69, 9.17) is 0 Å². The quantitative estimate of drug-likeness (QED) is 0.820. The Morgan fingerprint density at radius 3 is 2.79 bits per heavy atom. The van der Waals surface area contributed by atoms with Gasteiger partial charge >= 0.3 is 0 Å². The van der Waals surface area contributed by atoms with Crippen LogP contribution in [0.5, 0.6) is 0 Å². The third kappa shape index (κ3) is 1.36. The Morgan fingerprint density at radius 2 is 2.14 bits per heavy atom. The maximum absolute atomic E-state index is 11.6. The fourth-order valence-electron chi connectivity index (χ4n) is 1.84. The van der Waals surface area contributed by atoms with Crippen molar-refractivity contribution in [3.05, 3.63) is 33.8 Å². The van der Waals surface area contributed by atoms with Gasteiger partial charge in [-0.05, 0) is 18.1 Å².